The van der Waals surface area contributed by atoms with E-state index < -0.39 is 33.1 Å². The van der Waals surface area contributed by atoms with Crippen molar-refractivity contribution in [3.05, 3.63) is 20.9 Å². The molecule has 10 heteroatoms. The summed E-state index contributed by atoms with van der Waals surface area (Å²) in [5.41, 5.74) is -2.79. The highest BCUT2D eigenvalue weighted by atomic mass is 127. The lowest BCUT2D eigenvalue weighted by molar-refractivity contribution is -0.276. The quantitative estimate of drug-likeness (QED) is 0.445. The van der Waals surface area contributed by atoms with Crippen LogP contribution in [0.5, 0.6) is 5.88 Å². The van der Waals surface area contributed by atoms with Gasteiger partial charge >= 0.3 is 12.5 Å². The van der Waals surface area contributed by atoms with Crippen molar-refractivity contribution in [2.24, 2.45) is 0 Å². The molecule has 0 aliphatic carbocycles. The van der Waals surface area contributed by atoms with Gasteiger partial charge in [-0.25, -0.2) is 4.98 Å². The van der Waals surface area contributed by atoms with Gasteiger partial charge in [0.25, 0.3) is 0 Å². The molecule has 0 fully saturated rings. The predicted molar refractivity (Wildman–Crippen MR) is 54.0 cm³/mol. The van der Waals surface area contributed by atoms with Crippen LogP contribution in [0.25, 0.3) is 0 Å². The van der Waals surface area contributed by atoms with E-state index in [1.54, 1.807) is 0 Å². The maximum Gasteiger partial charge on any atom is 0.574 e. The van der Waals surface area contributed by atoms with E-state index in [-0.39, 0.29) is 6.29 Å². The van der Waals surface area contributed by atoms with Crippen molar-refractivity contribution in [3.8, 4) is 5.88 Å². The molecule has 0 unspecified atom stereocenters. The molecule has 18 heavy (non-hydrogen) atoms. The van der Waals surface area contributed by atoms with E-state index in [9.17, 15) is 31.1 Å². The Morgan fingerprint density at radius 2 is 1.78 bits per heavy atom. The van der Waals surface area contributed by atoms with Gasteiger partial charge in [0.05, 0.1) is 11.1 Å². The topological polar surface area (TPSA) is 39.2 Å². The fourth-order valence-corrected chi connectivity index (χ4v) is 1.81. The third-order valence-corrected chi connectivity index (χ3v) is 2.47. The summed E-state index contributed by atoms with van der Waals surface area (Å²) in [7, 11) is 0. The van der Waals surface area contributed by atoms with E-state index in [4.69, 9.17) is 0 Å². The highest BCUT2D eigenvalue weighted by molar-refractivity contribution is 14.1. The summed E-state index contributed by atoms with van der Waals surface area (Å²) >= 11 is 1.21. The number of hydrogen-bond donors (Lipinski definition) is 0. The van der Waals surface area contributed by atoms with Crippen molar-refractivity contribution in [2.45, 2.75) is 12.5 Å². The molecule has 0 aliphatic heterocycles. The van der Waals surface area contributed by atoms with E-state index in [0.717, 1.165) is 0 Å². The van der Waals surface area contributed by atoms with Crippen LogP contribution >= 0.6 is 22.6 Å². The molecular formula is C8H2F6INO2. The number of halogens is 7. The van der Waals surface area contributed by atoms with Gasteiger partial charge in [-0.2, -0.15) is 13.2 Å². The molecule has 0 bridgehead atoms. The molecule has 0 spiro atoms. The first kappa shape index (κ1) is 15.0. The third-order valence-electron chi connectivity index (χ3n) is 1.65. The maximum absolute atomic E-state index is 12.6. The van der Waals surface area contributed by atoms with Crippen LogP contribution in [0, 0.1) is 3.57 Å². The van der Waals surface area contributed by atoms with Gasteiger partial charge in [-0.05, 0) is 22.6 Å². The Kier molecular flexibility index (Phi) is 4.08. The first-order valence-corrected chi connectivity index (χ1v) is 5.10. The molecular weight excluding hydrogens is 383 g/mol. The molecule has 1 heterocycles. The smallest absolute Gasteiger partial charge is 0.387 e. The largest absolute Gasteiger partial charge is 0.574 e. The molecule has 100 valence electrons. The van der Waals surface area contributed by atoms with Crippen LogP contribution in [0.15, 0.2) is 6.20 Å². The van der Waals surface area contributed by atoms with Crippen LogP contribution in [0.1, 0.15) is 15.9 Å². The number of carbonyl (C=O) groups is 1. The number of ether oxygens (including phenoxy) is 1. The van der Waals surface area contributed by atoms with Gasteiger partial charge in [0.15, 0.2) is 6.29 Å². The van der Waals surface area contributed by atoms with Crippen LogP contribution in [0.3, 0.4) is 0 Å². The van der Waals surface area contributed by atoms with Crippen LogP contribution in [0.4, 0.5) is 26.3 Å². The van der Waals surface area contributed by atoms with E-state index in [1.165, 1.54) is 22.6 Å². The number of pyridine rings is 1. The Balaban J connectivity index is 3.44. The summed E-state index contributed by atoms with van der Waals surface area (Å²) in [6.45, 7) is 0. The minimum Gasteiger partial charge on any atom is -0.387 e. The normalized spacial score (nSPS) is 12.4. The molecule has 0 saturated carbocycles. The zero-order chi connectivity index (χ0) is 14.1. The summed E-state index contributed by atoms with van der Waals surface area (Å²) in [5, 5.41) is 0. The first-order chi connectivity index (χ1) is 8.06. The molecule has 0 aliphatic rings. The number of alkyl halides is 6. The predicted octanol–water partition coefficient (Wildman–Crippen LogP) is 3.42. The summed E-state index contributed by atoms with van der Waals surface area (Å²) in [5.74, 6) is -1.43. The lowest BCUT2D eigenvalue weighted by Crippen LogP contribution is -2.21. The average Bonchev–Trinajstić information content (AvgIpc) is 2.16. The van der Waals surface area contributed by atoms with E-state index in [0.29, 0.717) is 6.20 Å². The van der Waals surface area contributed by atoms with Crippen molar-refractivity contribution in [1.29, 1.82) is 0 Å². The van der Waals surface area contributed by atoms with E-state index in [1.807, 2.05) is 0 Å². The number of aromatic nitrogens is 1. The SMILES string of the molecule is O=Cc1c(OC(F)(F)F)ncc(I)c1C(F)(F)F. The Hall–Kier alpha value is -1.07. The molecule has 0 saturated heterocycles. The minimum absolute atomic E-state index is 0.376. The highest BCUT2D eigenvalue weighted by Crippen LogP contribution is 2.38. The van der Waals surface area contributed by atoms with Gasteiger partial charge in [-0.3, -0.25) is 4.79 Å². The number of aldehydes is 1. The molecule has 0 atom stereocenters. The number of carbonyl (C=O) groups excluding carboxylic acids is 1. The molecule has 1 aromatic heterocycles. The molecule has 0 aromatic carbocycles. The summed E-state index contributed by atoms with van der Waals surface area (Å²) in [4.78, 5) is 13.6. The van der Waals surface area contributed by atoms with Crippen LogP contribution in [-0.2, 0) is 6.18 Å². The van der Waals surface area contributed by atoms with Gasteiger partial charge < -0.3 is 4.74 Å². The summed E-state index contributed by atoms with van der Waals surface area (Å²) in [6.07, 6.45) is -10.1. The molecule has 0 amide bonds. The minimum atomic E-state index is -5.24. The zero-order valence-corrected chi connectivity index (χ0v) is 10.2. The standard InChI is InChI=1S/C8H2F6INO2/c9-7(10,11)5-3(2-17)6(16-1-4(5)15)18-8(12,13)14/h1-2H. The van der Waals surface area contributed by atoms with Crippen LogP contribution in [0.2, 0.25) is 0 Å². The van der Waals surface area contributed by atoms with Crippen LogP contribution in [-0.4, -0.2) is 17.6 Å². The molecule has 3 nitrogen and oxygen atoms in total. The van der Waals surface area contributed by atoms with Crippen molar-refractivity contribution in [1.82, 2.24) is 4.98 Å². The Morgan fingerprint density at radius 3 is 2.17 bits per heavy atom. The molecule has 0 N–H and O–H groups in total. The highest BCUT2D eigenvalue weighted by Gasteiger charge is 2.40. The van der Waals surface area contributed by atoms with Crippen molar-refractivity contribution in [3.63, 3.8) is 0 Å². The van der Waals surface area contributed by atoms with E-state index >= 15 is 0 Å². The Bertz CT molecular complexity index is 470. The van der Waals surface area contributed by atoms with Gasteiger partial charge in [0, 0.05) is 9.77 Å². The fraction of sp³-hybridized carbons (Fsp3) is 0.250. The average molecular weight is 385 g/mol. The molecule has 1 aromatic rings. The lowest BCUT2D eigenvalue weighted by Gasteiger charge is -2.15. The fourth-order valence-electron chi connectivity index (χ4n) is 1.07. The lowest BCUT2D eigenvalue weighted by atomic mass is 10.1. The summed E-state index contributed by atoms with van der Waals surface area (Å²) < 4.78 is 76.3. The van der Waals surface area contributed by atoms with Gasteiger partial charge in [-0.15, -0.1) is 13.2 Å². The zero-order valence-electron chi connectivity index (χ0n) is 8.06. The Morgan fingerprint density at radius 1 is 1.22 bits per heavy atom. The summed E-state index contributed by atoms with van der Waals surface area (Å²) in [6, 6.07) is 0. The van der Waals surface area contributed by atoms with Crippen LogP contribution < -0.4 is 4.74 Å². The molecule has 1 rings (SSSR count). The Labute approximate surface area is 109 Å². The van der Waals surface area contributed by atoms with Crippen molar-refractivity contribution < 1.29 is 35.9 Å². The van der Waals surface area contributed by atoms with Gasteiger partial charge in [0.1, 0.15) is 0 Å². The second-order valence-corrected chi connectivity index (χ2v) is 4.03. The van der Waals surface area contributed by atoms with Crippen molar-refractivity contribution in [2.75, 3.05) is 0 Å². The second kappa shape index (κ2) is 4.90. The van der Waals surface area contributed by atoms with Crippen molar-refractivity contribution >= 4 is 28.9 Å². The monoisotopic (exact) mass is 385 g/mol. The maximum atomic E-state index is 12.6. The second-order valence-electron chi connectivity index (χ2n) is 2.86. The van der Waals surface area contributed by atoms with E-state index in [2.05, 4.69) is 9.72 Å². The molecule has 0 radical (unpaired) electrons. The third kappa shape index (κ3) is 3.46. The van der Waals surface area contributed by atoms with Gasteiger partial charge in [0.2, 0.25) is 5.88 Å². The van der Waals surface area contributed by atoms with Gasteiger partial charge in [-0.1, -0.05) is 0 Å². The first-order valence-electron chi connectivity index (χ1n) is 4.03. The number of hydrogen-bond acceptors (Lipinski definition) is 3. The number of nitrogens with zero attached hydrogens (tertiary/aromatic N) is 1. The number of rotatable bonds is 2.